The van der Waals surface area contributed by atoms with Crippen molar-refractivity contribution in [2.75, 3.05) is 0 Å². The van der Waals surface area contributed by atoms with Crippen LogP contribution in [-0.2, 0) is 24.2 Å². The van der Waals surface area contributed by atoms with E-state index in [-0.39, 0.29) is 29.2 Å². The molecule has 0 bridgehead atoms. The summed E-state index contributed by atoms with van der Waals surface area (Å²) < 4.78 is 5.17. The molecule has 0 atom stereocenters. The van der Waals surface area contributed by atoms with Gasteiger partial charge >= 0.3 is 5.97 Å². The van der Waals surface area contributed by atoms with E-state index in [1.807, 2.05) is 0 Å². The van der Waals surface area contributed by atoms with Crippen molar-refractivity contribution in [3.8, 4) is 0 Å². The Labute approximate surface area is 157 Å². The zero-order valence-corrected chi connectivity index (χ0v) is 15.2. The molecule has 1 N–H and O–H groups in total. The second kappa shape index (κ2) is 6.58. The van der Waals surface area contributed by atoms with E-state index in [2.05, 4.69) is 9.97 Å². The van der Waals surface area contributed by atoms with Crippen LogP contribution in [0.1, 0.15) is 38.6 Å². The zero-order chi connectivity index (χ0) is 19.1. The molecule has 2 heterocycles. The first-order valence-corrected chi connectivity index (χ1v) is 9.22. The molecular weight excluding hydrogens is 370 g/mol. The number of nitrogens with one attached hydrogen (secondary N) is 1. The van der Waals surface area contributed by atoms with Gasteiger partial charge in [-0.2, -0.15) is 0 Å². The number of para-hydroxylation sites is 1. The van der Waals surface area contributed by atoms with Crippen molar-refractivity contribution < 1.29 is 14.5 Å². The lowest BCUT2D eigenvalue weighted by Gasteiger charge is -2.06. The standard InChI is InChI=1S/C18H15N3O5S/c1-9-4-2-6-11(15(9)21(24)25)18(23)26-8-13-19-16(22)14-10-5-3-7-12(10)27-17(14)20-13/h2,4,6H,3,5,7-8H2,1H3,(H,19,20,22). The second-order valence-corrected chi connectivity index (χ2v) is 7.44. The van der Waals surface area contributed by atoms with Crippen molar-refractivity contribution in [2.24, 2.45) is 0 Å². The van der Waals surface area contributed by atoms with Crippen LogP contribution in [0.15, 0.2) is 23.0 Å². The molecule has 0 spiro atoms. The minimum atomic E-state index is -0.832. The highest BCUT2D eigenvalue weighted by Gasteiger charge is 2.24. The summed E-state index contributed by atoms with van der Waals surface area (Å²) in [6.07, 6.45) is 2.88. The highest BCUT2D eigenvalue weighted by atomic mass is 32.1. The third kappa shape index (κ3) is 2.99. The SMILES string of the molecule is Cc1cccc(C(=O)OCc2nc3sc4c(c3c(=O)[nH]2)CCC4)c1[N+](=O)[O-]. The van der Waals surface area contributed by atoms with Gasteiger partial charge in [0.05, 0.1) is 10.3 Å². The lowest BCUT2D eigenvalue weighted by atomic mass is 10.1. The van der Waals surface area contributed by atoms with Crippen LogP contribution in [-0.4, -0.2) is 20.9 Å². The smallest absolute Gasteiger partial charge is 0.345 e. The quantitative estimate of drug-likeness (QED) is 0.419. The molecule has 3 aromatic rings. The maximum absolute atomic E-state index is 12.4. The maximum atomic E-state index is 12.4. The van der Waals surface area contributed by atoms with Crippen LogP contribution < -0.4 is 5.56 Å². The third-order valence-corrected chi connectivity index (χ3v) is 5.79. The fourth-order valence-corrected chi connectivity index (χ4v) is 4.67. The number of carbonyl (C=O) groups is 1. The molecule has 4 rings (SSSR count). The number of esters is 1. The number of nitro benzene ring substituents is 1. The summed E-state index contributed by atoms with van der Waals surface area (Å²) in [5.74, 6) is -0.613. The molecule has 27 heavy (non-hydrogen) atoms. The minimum absolute atomic E-state index is 0.126. The topological polar surface area (TPSA) is 115 Å². The van der Waals surface area contributed by atoms with E-state index in [1.165, 1.54) is 22.3 Å². The predicted molar refractivity (Wildman–Crippen MR) is 99.2 cm³/mol. The number of thiophene rings is 1. The van der Waals surface area contributed by atoms with Crippen LogP contribution in [0.25, 0.3) is 10.2 Å². The van der Waals surface area contributed by atoms with Gasteiger partial charge in [0.15, 0.2) is 0 Å². The molecule has 138 valence electrons. The van der Waals surface area contributed by atoms with Gasteiger partial charge in [-0.15, -0.1) is 11.3 Å². The molecule has 0 saturated carbocycles. The molecule has 9 heteroatoms. The molecule has 1 aliphatic carbocycles. The summed E-state index contributed by atoms with van der Waals surface area (Å²) in [6.45, 7) is 1.29. The number of ether oxygens (including phenoxy) is 1. The van der Waals surface area contributed by atoms with Gasteiger partial charge in [-0.05, 0) is 37.8 Å². The first-order chi connectivity index (χ1) is 13.0. The Hall–Kier alpha value is -3.07. The summed E-state index contributed by atoms with van der Waals surface area (Å²) >= 11 is 1.49. The van der Waals surface area contributed by atoms with Gasteiger partial charge in [0.25, 0.3) is 11.2 Å². The monoisotopic (exact) mass is 385 g/mol. The molecule has 0 aliphatic heterocycles. The van der Waals surface area contributed by atoms with E-state index in [1.54, 1.807) is 19.1 Å². The summed E-state index contributed by atoms with van der Waals surface area (Å²) in [5.41, 5.74) is 0.790. The zero-order valence-electron chi connectivity index (χ0n) is 14.4. The molecule has 0 amide bonds. The van der Waals surface area contributed by atoms with Crippen LogP contribution in [0.4, 0.5) is 5.69 Å². The Morgan fingerprint density at radius 3 is 3.00 bits per heavy atom. The van der Waals surface area contributed by atoms with E-state index in [9.17, 15) is 19.7 Å². The van der Waals surface area contributed by atoms with Crippen molar-refractivity contribution in [1.29, 1.82) is 0 Å². The summed E-state index contributed by atoms with van der Waals surface area (Å²) in [5, 5.41) is 11.8. The number of carbonyl (C=O) groups excluding carboxylic acids is 1. The van der Waals surface area contributed by atoms with Gasteiger partial charge in [-0.25, -0.2) is 9.78 Å². The van der Waals surface area contributed by atoms with E-state index in [0.29, 0.717) is 15.8 Å². The van der Waals surface area contributed by atoms with Gasteiger partial charge < -0.3 is 9.72 Å². The van der Waals surface area contributed by atoms with E-state index >= 15 is 0 Å². The lowest BCUT2D eigenvalue weighted by Crippen LogP contribution is -2.15. The first kappa shape index (κ1) is 17.3. The van der Waals surface area contributed by atoms with E-state index in [0.717, 1.165) is 24.8 Å². The number of aryl methyl sites for hydroxylation is 3. The highest BCUT2D eigenvalue weighted by molar-refractivity contribution is 7.18. The number of H-pyrrole nitrogens is 1. The van der Waals surface area contributed by atoms with Crippen LogP contribution >= 0.6 is 11.3 Å². The summed E-state index contributed by atoms with van der Waals surface area (Å²) in [7, 11) is 0. The number of hydrogen-bond donors (Lipinski definition) is 1. The van der Waals surface area contributed by atoms with Gasteiger partial charge in [-0.1, -0.05) is 12.1 Å². The largest absolute Gasteiger partial charge is 0.454 e. The lowest BCUT2D eigenvalue weighted by molar-refractivity contribution is -0.385. The van der Waals surface area contributed by atoms with Crippen LogP contribution in [0.5, 0.6) is 0 Å². The molecular formula is C18H15N3O5S. The molecule has 8 nitrogen and oxygen atoms in total. The second-order valence-electron chi connectivity index (χ2n) is 6.35. The molecule has 1 aromatic carbocycles. The number of hydrogen-bond acceptors (Lipinski definition) is 7. The predicted octanol–water partition coefficient (Wildman–Crippen LogP) is 3.05. The molecule has 1 aliphatic rings. The number of nitrogens with zero attached hydrogens (tertiary/aromatic N) is 2. The number of nitro groups is 1. The first-order valence-electron chi connectivity index (χ1n) is 8.40. The number of rotatable bonds is 4. The fraction of sp³-hybridized carbons (Fsp3) is 0.278. The number of aromatic amines is 1. The molecule has 0 fully saturated rings. The van der Waals surface area contributed by atoms with Crippen molar-refractivity contribution in [3.63, 3.8) is 0 Å². The molecule has 0 radical (unpaired) electrons. The Balaban J connectivity index is 1.59. The fourth-order valence-electron chi connectivity index (χ4n) is 3.39. The Morgan fingerprint density at radius 1 is 1.41 bits per heavy atom. The summed E-state index contributed by atoms with van der Waals surface area (Å²) in [4.78, 5) is 44.2. The van der Waals surface area contributed by atoms with Crippen molar-refractivity contribution in [3.05, 3.63) is 66.1 Å². The van der Waals surface area contributed by atoms with Crippen molar-refractivity contribution in [2.45, 2.75) is 32.8 Å². The molecule has 0 saturated heterocycles. The Bertz CT molecular complexity index is 1150. The van der Waals surface area contributed by atoms with Crippen molar-refractivity contribution >= 4 is 33.2 Å². The number of fused-ring (bicyclic) bond motifs is 3. The minimum Gasteiger partial charge on any atom is -0.454 e. The highest BCUT2D eigenvalue weighted by Crippen LogP contribution is 2.34. The summed E-state index contributed by atoms with van der Waals surface area (Å²) in [6, 6.07) is 4.45. The maximum Gasteiger partial charge on any atom is 0.345 e. The molecule has 0 unspecified atom stereocenters. The average Bonchev–Trinajstić information content (AvgIpc) is 3.19. The van der Waals surface area contributed by atoms with Crippen molar-refractivity contribution in [1.82, 2.24) is 9.97 Å². The number of benzene rings is 1. The van der Waals surface area contributed by atoms with Crippen LogP contribution in [0.3, 0.4) is 0 Å². The van der Waals surface area contributed by atoms with Gasteiger partial charge in [0, 0.05) is 10.4 Å². The Morgan fingerprint density at radius 2 is 2.22 bits per heavy atom. The average molecular weight is 385 g/mol. The third-order valence-electron chi connectivity index (χ3n) is 4.60. The van der Waals surface area contributed by atoms with E-state index < -0.39 is 10.9 Å². The van der Waals surface area contributed by atoms with Gasteiger partial charge in [0.2, 0.25) is 0 Å². The van der Waals surface area contributed by atoms with Crippen LogP contribution in [0, 0.1) is 17.0 Å². The van der Waals surface area contributed by atoms with E-state index in [4.69, 9.17) is 4.74 Å². The van der Waals surface area contributed by atoms with Gasteiger partial charge in [0.1, 0.15) is 22.8 Å². The Kier molecular flexibility index (Phi) is 4.23. The number of aromatic nitrogens is 2. The normalized spacial score (nSPS) is 12.9. The van der Waals surface area contributed by atoms with Gasteiger partial charge in [-0.3, -0.25) is 14.9 Å². The molecule has 2 aromatic heterocycles. The van der Waals surface area contributed by atoms with Crippen LogP contribution in [0.2, 0.25) is 0 Å².